The number of furan rings is 1. The van der Waals surface area contributed by atoms with Crippen LogP contribution in [-0.4, -0.2) is 18.2 Å². The average Bonchev–Trinajstić information content (AvgIpc) is 3.26. The van der Waals surface area contributed by atoms with Gasteiger partial charge in [0.15, 0.2) is 0 Å². The number of benzene rings is 2. The highest BCUT2D eigenvalue weighted by Gasteiger charge is 2.32. The summed E-state index contributed by atoms with van der Waals surface area (Å²) >= 11 is 1.81. The molecule has 0 saturated carbocycles. The minimum atomic E-state index is -0.0199. The Bertz CT molecular complexity index is 896. The summed E-state index contributed by atoms with van der Waals surface area (Å²) in [5.41, 5.74) is 2.15. The largest absolute Gasteiger partial charge is 0.468 e. The van der Waals surface area contributed by atoms with Gasteiger partial charge in [0.2, 0.25) is 5.91 Å². The van der Waals surface area contributed by atoms with Crippen molar-refractivity contribution in [2.24, 2.45) is 0 Å². The lowest BCUT2D eigenvalue weighted by atomic mass is 10.1. The first-order valence-electron chi connectivity index (χ1n) is 9.09. The number of rotatable bonds is 5. The van der Waals surface area contributed by atoms with E-state index in [1.807, 2.05) is 60.4 Å². The molecular formula is C22H22N2O2S. The summed E-state index contributed by atoms with van der Waals surface area (Å²) in [7, 11) is 0. The van der Waals surface area contributed by atoms with Crippen LogP contribution in [0.4, 0.5) is 5.69 Å². The van der Waals surface area contributed by atoms with Crippen LogP contribution < -0.4 is 10.2 Å². The van der Waals surface area contributed by atoms with Gasteiger partial charge in [0.1, 0.15) is 5.76 Å². The fraction of sp³-hybridized carbons (Fsp3) is 0.227. The van der Waals surface area contributed by atoms with Crippen molar-refractivity contribution in [2.45, 2.75) is 23.9 Å². The summed E-state index contributed by atoms with van der Waals surface area (Å²) in [6.07, 6.45) is 1.65. The fourth-order valence-corrected chi connectivity index (χ4v) is 4.55. The molecule has 3 aromatic rings. The van der Waals surface area contributed by atoms with E-state index in [4.69, 9.17) is 4.42 Å². The van der Waals surface area contributed by atoms with Crippen LogP contribution in [0.25, 0.3) is 0 Å². The molecule has 0 radical (unpaired) electrons. The molecule has 0 unspecified atom stereocenters. The maximum absolute atomic E-state index is 13.2. The molecule has 0 aliphatic carbocycles. The summed E-state index contributed by atoms with van der Waals surface area (Å²) in [6.45, 7) is 2.25. The third-order valence-corrected chi connectivity index (χ3v) is 5.95. The Morgan fingerprint density at radius 2 is 1.93 bits per heavy atom. The lowest BCUT2D eigenvalue weighted by Gasteiger charge is -2.37. The zero-order chi connectivity index (χ0) is 18.6. The van der Waals surface area contributed by atoms with E-state index in [0.717, 1.165) is 27.7 Å². The SMILES string of the molecule is C[C@@H](NCC(=O)N1c2ccccc2SC[C@H]1c1ccccc1)c1ccco1. The van der Waals surface area contributed by atoms with Gasteiger partial charge in [0.25, 0.3) is 0 Å². The van der Waals surface area contributed by atoms with E-state index >= 15 is 0 Å². The molecule has 1 amide bonds. The summed E-state index contributed by atoms with van der Waals surface area (Å²) in [5, 5.41) is 3.29. The average molecular weight is 378 g/mol. The van der Waals surface area contributed by atoms with Crippen molar-refractivity contribution in [3.63, 3.8) is 0 Å². The zero-order valence-electron chi connectivity index (χ0n) is 15.2. The molecule has 1 aliphatic rings. The monoisotopic (exact) mass is 378 g/mol. The Kier molecular flexibility index (Phi) is 5.32. The van der Waals surface area contributed by atoms with Crippen LogP contribution in [0.5, 0.6) is 0 Å². The van der Waals surface area contributed by atoms with Gasteiger partial charge in [-0.15, -0.1) is 11.8 Å². The quantitative estimate of drug-likeness (QED) is 0.692. The second-order valence-electron chi connectivity index (χ2n) is 6.59. The number of hydrogen-bond donors (Lipinski definition) is 1. The Labute approximate surface area is 163 Å². The van der Waals surface area contributed by atoms with E-state index in [-0.39, 0.29) is 24.5 Å². The van der Waals surface area contributed by atoms with Crippen LogP contribution in [-0.2, 0) is 4.79 Å². The molecule has 138 valence electrons. The van der Waals surface area contributed by atoms with E-state index in [2.05, 4.69) is 23.5 Å². The van der Waals surface area contributed by atoms with Gasteiger partial charge in [0, 0.05) is 10.6 Å². The number of nitrogens with one attached hydrogen (secondary N) is 1. The van der Waals surface area contributed by atoms with E-state index in [1.54, 1.807) is 18.0 Å². The van der Waals surface area contributed by atoms with Crippen molar-refractivity contribution in [2.75, 3.05) is 17.2 Å². The van der Waals surface area contributed by atoms with Crippen molar-refractivity contribution in [1.29, 1.82) is 0 Å². The standard InChI is InChI=1S/C22H22N2O2S/c1-16(20-11-7-13-26-20)23-14-22(25)24-18-10-5-6-12-21(18)27-15-19(24)17-8-3-2-4-9-17/h2-13,16,19,23H,14-15H2,1H3/t16-,19+/m1/s1. The van der Waals surface area contributed by atoms with Gasteiger partial charge in [-0.05, 0) is 36.8 Å². The highest BCUT2D eigenvalue weighted by molar-refractivity contribution is 7.99. The van der Waals surface area contributed by atoms with Crippen LogP contribution in [0.15, 0.2) is 82.3 Å². The molecule has 1 aliphatic heterocycles. The number of thioether (sulfide) groups is 1. The van der Waals surface area contributed by atoms with Crippen LogP contribution in [0, 0.1) is 0 Å². The first-order chi connectivity index (χ1) is 13.2. The smallest absolute Gasteiger partial charge is 0.241 e. The number of hydrogen-bond acceptors (Lipinski definition) is 4. The Balaban J connectivity index is 1.58. The maximum Gasteiger partial charge on any atom is 0.241 e. The van der Waals surface area contributed by atoms with Gasteiger partial charge < -0.3 is 9.32 Å². The van der Waals surface area contributed by atoms with Gasteiger partial charge in [0.05, 0.1) is 30.6 Å². The molecule has 1 N–H and O–H groups in total. The molecule has 2 heterocycles. The zero-order valence-corrected chi connectivity index (χ0v) is 16.0. The van der Waals surface area contributed by atoms with Gasteiger partial charge >= 0.3 is 0 Å². The summed E-state index contributed by atoms with van der Waals surface area (Å²) in [6, 6.07) is 22.2. The molecule has 0 fully saturated rings. The van der Waals surface area contributed by atoms with Gasteiger partial charge in [-0.2, -0.15) is 0 Å². The van der Waals surface area contributed by atoms with Crippen LogP contribution in [0.2, 0.25) is 0 Å². The minimum Gasteiger partial charge on any atom is -0.468 e. The third kappa shape index (κ3) is 3.80. The third-order valence-electron chi connectivity index (χ3n) is 4.82. The van der Waals surface area contributed by atoms with E-state index in [1.165, 1.54) is 0 Å². The van der Waals surface area contributed by atoms with E-state index in [9.17, 15) is 4.79 Å². The Morgan fingerprint density at radius 3 is 2.70 bits per heavy atom. The minimum absolute atomic E-state index is 0.0199. The molecule has 27 heavy (non-hydrogen) atoms. The first kappa shape index (κ1) is 17.9. The number of anilines is 1. The van der Waals surface area contributed by atoms with Crippen molar-refractivity contribution in [1.82, 2.24) is 5.32 Å². The van der Waals surface area contributed by atoms with Crippen molar-refractivity contribution in [3.05, 3.63) is 84.3 Å². The van der Waals surface area contributed by atoms with E-state index < -0.39 is 0 Å². The lowest BCUT2D eigenvalue weighted by molar-refractivity contribution is -0.118. The number of nitrogens with zero attached hydrogens (tertiary/aromatic N) is 1. The second-order valence-corrected chi connectivity index (χ2v) is 7.65. The molecular weight excluding hydrogens is 356 g/mol. The molecule has 4 rings (SSSR count). The second kappa shape index (κ2) is 8.03. The van der Waals surface area contributed by atoms with Crippen molar-refractivity contribution < 1.29 is 9.21 Å². The topological polar surface area (TPSA) is 45.5 Å². The molecule has 2 atom stereocenters. The van der Waals surface area contributed by atoms with E-state index in [0.29, 0.717) is 0 Å². The number of fused-ring (bicyclic) bond motifs is 1. The van der Waals surface area contributed by atoms with Crippen LogP contribution in [0.1, 0.15) is 30.3 Å². The normalized spacial score (nSPS) is 17.4. The Morgan fingerprint density at radius 1 is 1.15 bits per heavy atom. The molecule has 5 heteroatoms. The summed E-state index contributed by atoms with van der Waals surface area (Å²) in [5.74, 6) is 1.74. The predicted octanol–water partition coefficient (Wildman–Crippen LogP) is 4.81. The number of amides is 1. The van der Waals surface area contributed by atoms with Crippen molar-refractivity contribution >= 4 is 23.4 Å². The number of para-hydroxylation sites is 1. The Hall–Kier alpha value is -2.50. The van der Waals surface area contributed by atoms with Crippen molar-refractivity contribution in [3.8, 4) is 0 Å². The molecule has 0 spiro atoms. The molecule has 0 bridgehead atoms. The molecule has 1 aromatic heterocycles. The highest BCUT2D eigenvalue weighted by atomic mass is 32.2. The summed E-state index contributed by atoms with van der Waals surface area (Å²) < 4.78 is 5.43. The molecule has 0 saturated heterocycles. The summed E-state index contributed by atoms with van der Waals surface area (Å²) in [4.78, 5) is 16.3. The highest BCUT2D eigenvalue weighted by Crippen LogP contribution is 2.43. The fourth-order valence-electron chi connectivity index (χ4n) is 3.38. The lowest BCUT2D eigenvalue weighted by Crippen LogP contribution is -2.43. The van der Waals surface area contributed by atoms with Crippen LogP contribution >= 0.6 is 11.8 Å². The number of carbonyl (C=O) groups is 1. The number of carbonyl (C=O) groups excluding carboxylic acids is 1. The van der Waals surface area contributed by atoms with Gasteiger partial charge in [-0.25, -0.2) is 0 Å². The molecule has 2 aromatic carbocycles. The van der Waals surface area contributed by atoms with Gasteiger partial charge in [-0.1, -0.05) is 42.5 Å². The first-order valence-corrected chi connectivity index (χ1v) is 10.1. The van der Waals surface area contributed by atoms with Crippen LogP contribution in [0.3, 0.4) is 0 Å². The predicted molar refractivity (Wildman–Crippen MR) is 109 cm³/mol. The maximum atomic E-state index is 13.2. The molecule has 4 nitrogen and oxygen atoms in total. The van der Waals surface area contributed by atoms with Gasteiger partial charge in [-0.3, -0.25) is 10.1 Å².